The first kappa shape index (κ1) is 29.3. The molecule has 3 N–H and O–H groups in total. The van der Waals surface area contributed by atoms with Crippen LogP contribution in [0.25, 0.3) is 10.9 Å². The Kier molecular flexibility index (Phi) is 7.75. The lowest BCUT2D eigenvalue weighted by Crippen LogP contribution is -2.59. The van der Waals surface area contributed by atoms with Crippen LogP contribution in [0, 0.1) is 35.9 Å². The number of hydrogen-bond donors (Lipinski definition) is 3. The minimum absolute atomic E-state index is 0.126. The summed E-state index contributed by atoms with van der Waals surface area (Å²) in [5.74, 6) is 1.83. The molecule has 3 aromatic rings. The van der Waals surface area contributed by atoms with Crippen LogP contribution in [0.5, 0.6) is 0 Å². The molecule has 4 aliphatic rings. The second-order valence-electron chi connectivity index (χ2n) is 13.2. The van der Waals surface area contributed by atoms with Crippen LogP contribution in [0.3, 0.4) is 0 Å². The number of hydrogen-bond acceptors (Lipinski definition) is 5. The first-order valence-corrected chi connectivity index (χ1v) is 15.3. The Morgan fingerprint density at radius 2 is 2.02 bits per heavy atom. The number of amides is 1. The van der Waals surface area contributed by atoms with Crippen molar-refractivity contribution in [2.75, 3.05) is 25.0 Å². The number of aliphatic hydroxyl groups excluding tert-OH is 1. The molecule has 1 saturated heterocycles. The van der Waals surface area contributed by atoms with Crippen molar-refractivity contribution >= 4 is 28.5 Å². The molecule has 2 bridgehead atoms. The van der Waals surface area contributed by atoms with Crippen molar-refractivity contribution in [3.63, 3.8) is 0 Å². The van der Waals surface area contributed by atoms with Gasteiger partial charge in [0.15, 0.2) is 5.96 Å². The van der Waals surface area contributed by atoms with Crippen LogP contribution >= 0.6 is 0 Å². The van der Waals surface area contributed by atoms with E-state index in [1.807, 2.05) is 30.0 Å². The summed E-state index contributed by atoms with van der Waals surface area (Å²) in [5, 5.41) is 16.5. The highest BCUT2D eigenvalue weighted by molar-refractivity contribution is 5.98. The standard InChI is InChI=1S/C33H41FN6O3/c1-19-5-6-21(27(34)11-19)9-10-39-18-35-29-14-23(7-8-25(29)31(39)43)37-32(40-15-24(17-41)36-30(42)16-40)38-28-13-22-12-26(20(28)2)33(22,3)4/h5-8,11,14,18,20,22,24,26,28,41H,9-10,12-13,15-17H2,1-4H3,(H,36,42)(H,37,38)/t20-,22-,24+,26+,28-/m0/s1. The number of guanidine groups is 1. The highest BCUT2D eigenvalue weighted by atomic mass is 19.1. The van der Waals surface area contributed by atoms with Gasteiger partial charge in [-0.3, -0.25) is 14.2 Å². The third-order valence-electron chi connectivity index (χ3n) is 10.2. The molecule has 7 rings (SSSR count). The third kappa shape index (κ3) is 5.64. The third-order valence-corrected chi connectivity index (χ3v) is 10.2. The molecule has 3 saturated carbocycles. The smallest absolute Gasteiger partial charge is 0.261 e. The Morgan fingerprint density at radius 3 is 2.74 bits per heavy atom. The summed E-state index contributed by atoms with van der Waals surface area (Å²) in [5.41, 5.74) is 2.80. The zero-order valence-corrected chi connectivity index (χ0v) is 25.3. The molecule has 10 heteroatoms. The van der Waals surface area contributed by atoms with Gasteiger partial charge in [-0.15, -0.1) is 0 Å². The lowest BCUT2D eigenvalue weighted by atomic mass is 9.45. The average molecular weight is 589 g/mol. The predicted molar refractivity (Wildman–Crippen MR) is 165 cm³/mol. The number of benzene rings is 2. The largest absolute Gasteiger partial charge is 0.394 e. The number of rotatable bonds is 6. The van der Waals surface area contributed by atoms with Gasteiger partial charge in [-0.05, 0) is 84.7 Å². The number of aliphatic hydroxyl groups is 1. The van der Waals surface area contributed by atoms with E-state index < -0.39 is 0 Å². The second-order valence-corrected chi connectivity index (χ2v) is 13.2. The molecule has 43 heavy (non-hydrogen) atoms. The molecule has 228 valence electrons. The quantitative estimate of drug-likeness (QED) is 0.299. The van der Waals surface area contributed by atoms with Gasteiger partial charge in [0.05, 0.1) is 42.5 Å². The summed E-state index contributed by atoms with van der Waals surface area (Å²) < 4.78 is 15.8. The summed E-state index contributed by atoms with van der Waals surface area (Å²) in [6.45, 7) is 9.59. The van der Waals surface area contributed by atoms with Gasteiger partial charge in [-0.1, -0.05) is 32.9 Å². The minimum atomic E-state index is -0.380. The lowest BCUT2D eigenvalue weighted by Gasteiger charge is -2.61. The number of fused-ring (bicyclic) bond motifs is 3. The molecular formula is C33H41FN6O3. The Bertz CT molecular complexity index is 1630. The molecule has 0 unspecified atom stereocenters. The molecule has 0 spiro atoms. The zero-order chi connectivity index (χ0) is 30.5. The van der Waals surface area contributed by atoms with Gasteiger partial charge in [0.2, 0.25) is 5.91 Å². The number of anilines is 1. The Hall–Kier alpha value is -3.79. The molecular weight excluding hydrogens is 547 g/mol. The first-order valence-electron chi connectivity index (χ1n) is 15.3. The van der Waals surface area contributed by atoms with E-state index in [0.29, 0.717) is 70.8 Å². The van der Waals surface area contributed by atoms with Crippen LogP contribution in [0.15, 0.2) is 52.5 Å². The number of aryl methyl sites for hydroxylation is 3. The van der Waals surface area contributed by atoms with Crippen LogP contribution in [-0.2, 0) is 17.8 Å². The molecule has 9 nitrogen and oxygen atoms in total. The van der Waals surface area contributed by atoms with Gasteiger partial charge in [0, 0.05) is 18.8 Å². The van der Waals surface area contributed by atoms with Crippen LogP contribution in [0.2, 0.25) is 0 Å². The summed E-state index contributed by atoms with van der Waals surface area (Å²) in [4.78, 5) is 37.4. The average Bonchev–Trinajstić information content (AvgIpc) is 2.97. The van der Waals surface area contributed by atoms with Gasteiger partial charge >= 0.3 is 0 Å². The second kappa shape index (κ2) is 11.4. The number of nitrogens with one attached hydrogen (secondary N) is 2. The topological polar surface area (TPSA) is 112 Å². The summed E-state index contributed by atoms with van der Waals surface area (Å²) in [6, 6.07) is 10.3. The van der Waals surface area contributed by atoms with E-state index in [1.54, 1.807) is 12.1 Å². The molecule has 3 aliphatic carbocycles. The fraction of sp³-hybridized carbons (Fsp3) is 0.515. The summed E-state index contributed by atoms with van der Waals surface area (Å²) >= 11 is 0. The van der Waals surface area contributed by atoms with E-state index in [4.69, 9.17) is 4.99 Å². The summed E-state index contributed by atoms with van der Waals surface area (Å²) in [6.07, 6.45) is 4.14. The van der Waals surface area contributed by atoms with E-state index in [-0.39, 0.29) is 42.5 Å². The molecule has 1 aromatic heterocycles. The number of piperazine rings is 1. The van der Waals surface area contributed by atoms with Crippen molar-refractivity contribution in [1.29, 1.82) is 0 Å². The number of nitrogens with zero attached hydrogens (tertiary/aromatic N) is 4. The fourth-order valence-corrected chi connectivity index (χ4v) is 7.35. The maximum atomic E-state index is 14.3. The Morgan fingerprint density at radius 1 is 1.21 bits per heavy atom. The van der Waals surface area contributed by atoms with Gasteiger partial charge in [-0.25, -0.2) is 14.4 Å². The maximum Gasteiger partial charge on any atom is 0.261 e. The molecule has 2 heterocycles. The van der Waals surface area contributed by atoms with E-state index in [9.17, 15) is 19.1 Å². The van der Waals surface area contributed by atoms with Crippen LogP contribution in [0.4, 0.5) is 10.1 Å². The van der Waals surface area contributed by atoms with Crippen LogP contribution in [0.1, 0.15) is 44.7 Å². The first-order chi connectivity index (χ1) is 20.5. The molecule has 5 atom stereocenters. The van der Waals surface area contributed by atoms with Crippen molar-refractivity contribution in [2.24, 2.45) is 28.2 Å². The zero-order valence-electron chi connectivity index (χ0n) is 25.3. The maximum absolute atomic E-state index is 14.3. The fourth-order valence-electron chi connectivity index (χ4n) is 7.35. The summed E-state index contributed by atoms with van der Waals surface area (Å²) in [7, 11) is 0. The van der Waals surface area contributed by atoms with Crippen molar-refractivity contribution < 1.29 is 14.3 Å². The van der Waals surface area contributed by atoms with Crippen molar-refractivity contribution in [2.45, 2.75) is 65.6 Å². The Labute approximate surface area is 251 Å². The molecule has 4 fully saturated rings. The number of halogens is 1. The Balaban J connectivity index is 1.25. The van der Waals surface area contributed by atoms with Crippen LogP contribution < -0.4 is 16.2 Å². The molecule has 2 aromatic carbocycles. The lowest BCUT2D eigenvalue weighted by molar-refractivity contribution is -0.124. The number of carbonyl (C=O) groups excluding carboxylic acids is 1. The van der Waals surface area contributed by atoms with Crippen molar-refractivity contribution in [3.05, 3.63) is 70.0 Å². The van der Waals surface area contributed by atoms with Gasteiger partial charge in [0.25, 0.3) is 5.56 Å². The molecule has 1 amide bonds. The number of carbonyl (C=O) groups is 1. The minimum Gasteiger partial charge on any atom is -0.394 e. The SMILES string of the molecule is Cc1ccc(CCn2cnc3cc(NC(=N[C@H]4C[C@@H]5C[C@H]([C@@H]4C)C5(C)C)N4CC(=O)N[C@@H](CO)C4)ccc3c2=O)c(F)c1. The van der Waals surface area contributed by atoms with Gasteiger partial charge in [-0.2, -0.15) is 0 Å². The van der Waals surface area contributed by atoms with Crippen LogP contribution in [-0.4, -0.2) is 63.2 Å². The predicted octanol–water partition coefficient (Wildman–Crippen LogP) is 3.72. The highest BCUT2D eigenvalue weighted by Gasteiger charge is 2.56. The van der Waals surface area contributed by atoms with Crippen molar-refractivity contribution in [3.8, 4) is 0 Å². The normalized spacial score (nSPS) is 26.7. The molecule has 1 aliphatic heterocycles. The highest BCUT2D eigenvalue weighted by Crippen LogP contribution is 2.61. The number of aliphatic imine (C=N–C) groups is 1. The monoisotopic (exact) mass is 588 g/mol. The van der Waals surface area contributed by atoms with Gasteiger partial charge < -0.3 is 20.6 Å². The van der Waals surface area contributed by atoms with E-state index in [0.717, 1.165) is 12.0 Å². The molecule has 0 radical (unpaired) electrons. The van der Waals surface area contributed by atoms with Crippen molar-refractivity contribution in [1.82, 2.24) is 19.8 Å². The van der Waals surface area contributed by atoms with E-state index >= 15 is 0 Å². The van der Waals surface area contributed by atoms with E-state index in [1.165, 1.54) is 23.4 Å². The number of aromatic nitrogens is 2. The van der Waals surface area contributed by atoms with Gasteiger partial charge in [0.1, 0.15) is 5.82 Å². The van der Waals surface area contributed by atoms with E-state index in [2.05, 4.69) is 36.4 Å².